The minimum atomic E-state index is 0. The molecule has 2 heteroatoms. The third-order valence-electron chi connectivity index (χ3n) is 4.42. The van der Waals surface area contributed by atoms with Crippen molar-refractivity contribution in [3.05, 3.63) is 77.4 Å². The first-order chi connectivity index (χ1) is 10.7. The summed E-state index contributed by atoms with van der Waals surface area (Å²) >= 11 is 0. The summed E-state index contributed by atoms with van der Waals surface area (Å²) < 4.78 is 0. The number of fused-ring (bicyclic) bond motifs is 1. The van der Waals surface area contributed by atoms with Crippen LogP contribution in [0.3, 0.4) is 0 Å². The van der Waals surface area contributed by atoms with E-state index in [1.807, 2.05) is 0 Å². The average Bonchev–Trinajstić information content (AvgIpc) is 2.68. The molecule has 0 aliphatic heterocycles. The van der Waals surface area contributed by atoms with Crippen molar-refractivity contribution in [2.24, 2.45) is 5.92 Å². The average molecular weight is 328 g/mol. The first kappa shape index (κ1) is 17.8. The standard InChI is InChI=1S/C21H25N.ClH/c1-22(2)16-18-12-13-19-10-6-7-11-21(19)20(15-18)14-17-8-4-3-5-9-17;/h3-11,15,18H,12-14,16H2,1-2H3;1H. The lowest BCUT2D eigenvalue weighted by molar-refractivity contribution is 0.349. The highest BCUT2D eigenvalue weighted by atomic mass is 35.5. The van der Waals surface area contributed by atoms with Gasteiger partial charge in [-0.05, 0) is 61.5 Å². The third kappa shape index (κ3) is 4.70. The lowest BCUT2D eigenvalue weighted by Crippen LogP contribution is -2.20. The molecule has 1 atom stereocenters. The summed E-state index contributed by atoms with van der Waals surface area (Å²) in [6.07, 6.45) is 5.98. The van der Waals surface area contributed by atoms with Gasteiger partial charge in [-0.2, -0.15) is 0 Å². The number of benzene rings is 2. The fraction of sp³-hybridized carbons (Fsp3) is 0.333. The van der Waals surface area contributed by atoms with E-state index in [1.165, 1.54) is 35.1 Å². The Bertz CT molecular complexity index is 646. The Balaban J connectivity index is 0.00000192. The van der Waals surface area contributed by atoms with Crippen LogP contribution in [0.25, 0.3) is 5.57 Å². The monoisotopic (exact) mass is 327 g/mol. The molecule has 2 aromatic rings. The number of allylic oxidation sites excluding steroid dienone is 1. The molecule has 0 saturated carbocycles. The van der Waals surface area contributed by atoms with Crippen LogP contribution in [0.15, 0.2) is 60.7 Å². The second-order valence-electron chi connectivity index (χ2n) is 6.57. The van der Waals surface area contributed by atoms with Crippen LogP contribution in [0.2, 0.25) is 0 Å². The van der Waals surface area contributed by atoms with E-state index >= 15 is 0 Å². The largest absolute Gasteiger partial charge is 0.309 e. The minimum Gasteiger partial charge on any atom is -0.309 e. The number of halogens is 1. The van der Waals surface area contributed by atoms with Gasteiger partial charge in [0, 0.05) is 6.54 Å². The van der Waals surface area contributed by atoms with E-state index in [0.29, 0.717) is 5.92 Å². The zero-order valence-corrected chi connectivity index (χ0v) is 14.9. The van der Waals surface area contributed by atoms with E-state index in [1.54, 1.807) is 0 Å². The van der Waals surface area contributed by atoms with Gasteiger partial charge in [-0.15, -0.1) is 12.4 Å². The lowest BCUT2D eigenvalue weighted by Gasteiger charge is -2.17. The Morgan fingerprint density at radius 1 is 0.957 bits per heavy atom. The molecule has 0 saturated heterocycles. The van der Waals surface area contributed by atoms with E-state index in [-0.39, 0.29) is 12.4 Å². The zero-order valence-electron chi connectivity index (χ0n) is 14.0. The number of nitrogens with zero attached hydrogens (tertiary/aromatic N) is 1. The summed E-state index contributed by atoms with van der Waals surface area (Å²) in [5.74, 6) is 0.640. The summed E-state index contributed by atoms with van der Waals surface area (Å²) in [6.45, 7) is 1.13. The number of aryl methyl sites for hydroxylation is 1. The van der Waals surface area contributed by atoms with Crippen LogP contribution in [0, 0.1) is 5.92 Å². The maximum absolute atomic E-state index is 2.53. The van der Waals surface area contributed by atoms with E-state index in [9.17, 15) is 0 Å². The van der Waals surface area contributed by atoms with E-state index in [4.69, 9.17) is 0 Å². The highest BCUT2D eigenvalue weighted by molar-refractivity contribution is 5.85. The molecule has 0 fully saturated rings. The smallest absolute Gasteiger partial charge is 0.00386 e. The fourth-order valence-corrected chi connectivity index (χ4v) is 3.43. The van der Waals surface area contributed by atoms with Crippen molar-refractivity contribution in [2.75, 3.05) is 20.6 Å². The van der Waals surface area contributed by atoms with Gasteiger partial charge in [0.05, 0.1) is 0 Å². The van der Waals surface area contributed by atoms with Crippen LogP contribution < -0.4 is 0 Å². The zero-order chi connectivity index (χ0) is 15.4. The Labute approximate surface area is 146 Å². The van der Waals surface area contributed by atoms with Crippen LogP contribution in [-0.2, 0) is 12.8 Å². The van der Waals surface area contributed by atoms with Crippen molar-refractivity contribution in [3.63, 3.8) is 0 Å². The third-order valence-corrected chi connectivity index (χ3v) is 4.42. The first-order valence-electron chi connectivity index (χ1n) is 8.20. The quantitative estimate of drug-likeness (QED) is 0.775. The maximum Gasteiger partial charge on any atom is 0.00386 e. The Hall–Kier alpha value is -1.57. The van der Waals surface area contributed by atoms with Crippen LogP contribution in [-0.4, -0.2) is 25.5 Å². The number of hydrogen-bond donors (Lipinski definition) is 0. The molecule has 2 aromatic carbocycles. The Morgan fingerprint density at radius 3 is 2.39 bits per heavy atom. The fourth-order valence-electron chi connectivity index (χ4n) is 3.43. The molecule has 0 radical (unpaired) electrons. The molecule has 0 N–H and O–H groups in total. The summed E-state index contributed by atoms with van der Waals surface area (Å²) in [6, 6.07) is 19.8. The summed E-state index contributed by atoms with van der Waals surface area (Å²) in [5.41, 5.74) is 5.85. The van der Waals surface area contributed by atoms with Crippen molar-refractivity contribution < 1.29 is 0 Å². The number of rotatable bonds is 4. The van der Waals surface area contributed by atoms with Crippen molar-refractivity contribution in [1.82, 2.24) is 4.90 Å². The van der Waals surface area contributed by atoms with Gasteiger partial charge in [0.15, 0.2) is 0 Å². The van der Waals surface area contributed by atoms with Crippen molar-refractivity contribution >= 4 is 18.0 Å². The summed E-state index contributed by atoms with van der Waals surface area (Å²) in [4.78, 5) is 2.30. The molecule has 23 heavy (non-hydrogen) atoms. The van der Waals surface area contributed by atoms with Crippen LogP contribution >= 0.6 is 12.4 Å². The van der Waals surface area contributed by atoms with Gasteiger partial charge in [0.2, 0.25) is 0 Å². The normalized spacial score (nSPS) is 17.0. The number of hydrogen-bond acceptors (Lipinski definition) is 1. The van der Waals surface area contributed by atoms with Crippen LogP contribution in [0.4, 0.5) is 0 Å². The van der Waals surface area contributed by atoms with E-state index in [2.05, 4.69) is 79.7 Å². The molecule has 1 aliphatic carbocycles. The van der Waals surface area contributed by atoms with E-state index < -0.39 is 0 Å². The van der Waals surface area contributed by atoms with Gasteiger partial charge in [-0.1, -0.05) is 60.7 Å². The van der Waals surface area contributed by atoms with Crippen LogP contribution in [0.1, 0.15) is 23.1 Å². The van der Waals surface area contributed by atoms with Gasteiger partial charge in [0.1, 0.15) is 0 Å². The van der Waals surface area contributed by atoms with Gasteiger partial charge in [-0.3, -0.25) is 0 Å². The SMILES string of the molecule is CN(C)CC1C=C(Cc2ccccc2)c2ccccc2CC1.Cl. The van der Waals surface area contributed by atoms with Crippen molar-refractivity contribution in [2.45, 2.75) is 19.3 Å². The van der Waals surface area contributed by atoms with Gasteiger partial charge < -0.3 is 4.90 Å². The van der Waals surface area contributed by atoms with E-state index in [0.717, 1.165) is 13.0 Å². The molecule has 0 aromatic heterocycles. The van der Waals surface area contributed by atoms with Gasteiger partial charge in [-0.25, -0.2) is 0 Å². The predicted octanol–water partition coefficient (Wildman–Crippen LogP) is 4.86. The lowest BCUT2D eigenvalue weighted by atomic mass is 9.94. The Kier molecular flexibility index (Phi) is 6.44. The second-order valence-corrected chi connectivity index (χ2v) is 6.57. The Morgan fingerprint density at radius 2 is 1.65 bits per heavy atom. The molecule has 1 unspecified atom stereocenters. The topological polar surface area (TPSA) is 3.24 Å². The summed E-state index contributed by atoms with van der Waals surface area (Å²) in [7, 11) is 4.34. The molecule has 0 bridgehead atoms. The molecule has 1 aliphatic rings. The van der Waals surface area contributed by atoms with Crippen LogP contribution in [0.5, 0.6) is 0 Å². The predicted molar refractivity (Wildman–Crippen MR) is 102 cm³/mol. The highest BCUT2D eigenvalue weighted by Gasteiger charge is 2.17. The maximum atomic E-state index is 2.53. The molecule has 0 heterocycles. The van der Waals surface area contributed by atoms with Gasteiger partial charge in [0.25, 0.3) is 0 Å². The first-order valence-corrected chi connectivity index (χ1v) is 8.20. The van der Waals surface area contributed by atoms with Gasteiger partial charge >= 0.3 is 0 Å². The molecule has 122 valence electrons. The van der Waals surface area contributed by atoms with Crippen molar-refractivity contribution in [1.29, 1.82) is 0 Å². The second kappa shape index (κ2) is 8.33. The highest BCUT2D eigenvalue weighted by Crippen LogP contribution is 2.30. The molecule has 1 nitrogen and oxygen atoms in total. The molecule has 0 spiro atoms. The molecular formula is C21H26ClN. The molecular weight excluding hydrogens is 302 g/mol. The molecule has 0 amide bonds. The minimum absolute atomic E-state index is 0. The van der Waals surface area contributed by atoms with Crippen molar-refractivity contribution in [3.8, 4) is 0 Å². The molecule has 3 rings (SSSR count). The summed E-state index contributed by atoms with van der Waals surface area (Å²) in [5, 5.41) is 0.